The van der Waals surface area contributed by atoms with E-state index >= 15 is 0 Å². The number of rotatable bonds is 10. The van der Waals surface area contributed by atoms with E-state index in [9.17, 15) is 0 Å². The van der Waals surface area contributed by atoms with Crippen LogP contribution in [-0.2, 0) is 6.42 Å². The van der Waals surface area contributed by atoms with Crippen molar-refractivity contribution in [2.45, 2.75) is 63.5 Å². The minimum Gasteiger partial charge on any atom is -0.362 e. The van der Waals surface area contributed by atoms with Gasteiger partial charge in [-0.1, -0.05) is 24.6 Å². The summed E-state index contributed by atoms with van der Waals surface area (Å²) in [6.45, 7) is 1.15. The maximum absolute atomic E-state index is 4.80. The molecule has 4 rings (SSSR count). The van der Waals surface area contributed by atoms with Gasteiger partial charge < -0.3 is 15.5 Å². The van der Waals surface area contributed by atoms with Gasteiger partial charge >= 0.3 is 0 Å². The second kappa shape index (κ2) is 10.9. The Bertz CT molecular complexity index is 932. The van der Waals surface area contributed by atoms with Crippen LogP contribution < -0.4 is 15.5 Å². The highest BCUT2D eigenvalue weighted by Gasteiger charge is 2.21. The average Bonchev–Trinajstić information content (AvgIpc) is 3.30. The quantitative estimate of drug-likeness (QED) is 0.411. The predicted octanol–water partition coefficient (Wildman–Crippen LogP) is 5.48. The van der Waals surface area contributed by atoms with Crippen molar-refractivity contribution in [3.63, 3.8) is 0 Å². The van der Waals surface area contributed by atoms with Crippen LogP contribution in [0.25, 0.3) is 10.9 Å². The molecule has 166 valence electrons. The van der Waals surface area contributed by atoms with Gasteiger partial charge in [-0.2, -0.15) is 4.98 Å². The first-order valence-corrected chi connectivity index (χ1v) is 12.5. The minimum atomic E-state index is 0.458. The fourth-order valence-electron chi connectivity index (χ4n) is 4.45. The van der Waals surface area contributed by atoms with Crippen molar-refractivity contribution >= 4 is 34.0 Å². The summed E-state index contributed by atoms with van der Waals surface area (Å²) in [6.07, 6.45) is 9.92. The molecular weight excluding hydrogens is 402 g/mol. The number of aryl methyl sites for hydroxylation is 1. The lowest BCUT2D eigenvalue weighted by Gasteiger charge is -2.30. The highest BCUT2D eigenvalue weighted by molar-refractivity contribution is 7.09. The molecule has 2 N–H and O–H groups in total. The summed E-state index contributed by atoms with van der Waals surface area (Å²) < 4.78 is 0. The largest absolute Gasteiger partial charge is 0.362 e. The lowest BCUT2D eigenvalue weighted by molar-refractivity contribution is 0.351. The smallest absolute Gasteiger partial charge is 0.225 e. The van der Waals surface area contributed by atoms with E-state index < -0.39 is 0 Å². The second-order valence-electron chi connectivity index (χ2n) is 8.82. The third kappa shape index (κ3) is 6.17. The van der Waals surface area contributed by atoms with Gasteiger partial charge in [-0.3, -0.25) is 0 Å². The van der Waals surface area contributed by atoms with Gasteiger partial charge in [0.25, 0.3) is 0 Å². The highest BCUT2D eigenvalue weighted by atomic mass is 32.1. The molecule has 0 bridgehead atoms. The maximum Gasteiger partial charge on any atom is 0.225 e. The number of aromatic nitrogens is 2. The van der Waals surface area contributed by atoms with Crippen LogP contribution in [0.5, 0.6) is 0 Å². The van der Waals surface area contributed by atoms with Gasteiger partial charge in [0.2, 0.25) is 5.95 Å². The monoisotopic (exact) mass is 437 g/mol. The van der Waals surface area contributed by atoms with E-state index in [4.69, 9.17) is 9.97 Å². The third-order valence-electron chi connectivity index (χ3n) is 6.18. The number of para-hydroxylation sites is 1. The van der Waals surface area contributed by atoms with Gasteiger partial charge in [0, 0.05) is 36.4 Å². The minimum absolute atomic E-state index is 0.458. The second-order valence-corrected chi connectivity index (χ2v) is 9.85. The average molecular weight is 438 g/mol. The van der Waals surface area contributed by atoms with Crippen molar-refractivity contribution in [1.29, 1.82) is 0 Å². The number of anilines is 2. The van der Waals surface area contributed by atoms with E-state index in [1.165, 1.54) is 56.2 Å². The van der Waals surface area contributed by atoms with Crippen LogP contribution in [0.2, 0.25) is 0 Å². The summed E-state index contributed by atoms with van der Waals surface area (Å²) in [5, 5.41) is 10.7. The zero-order chi connectivity index (χ0) is 21.5. The van der Waals surface area contributed by atoms with Gasteiger partial charge in [0.15, 0.2) is 0 Å². The highest BCUT2D eigenvalue weighted by Crippen LogP contribution is 2.26. The molecular formula is C25H35N5S. The van der Waals surface area contributed by atoms with Gasteiger partial charge in [-0.15, -0.1) is 11.3 Å². The SMILES string of the molecule is CN(C)c1nc(N[C@H]2CC[C@@H](NCCCCCc3cccs3)CC2)nc2ccccc12. The van der Waals surface area contributed by atoms with Gasteiger partial charge in [0.05, 0.1) is 5.52 Å². The van der Waals surface area contributed by atoms with Gasteiger partial charge in [0.1, 0.15) is 5.82 Å². The van der Waals surface area contributed by atoms with Crippen molar-refractivity contribution in [1.82, 2.24) is 15.3 Å². The first kappa shape index (κ1) is 22.0. The molecule has 2 heterocycles. The number of unbranched alkanes of at least 4 members (excludes halogenated alkanes) is 2. The number of hydrogen-bond donors (Lipinski definition) is 2. The summed E-state index contributed by atoms with van der Waals surface area (Å²) in [4.78, 5) is 13.1. The summed E-state index contributed by atoms with van der Waals surface area (Å²) >= 11 is 1.88. The van der Waals surface area contributed by atoms with Crippen LogP contribution in [0.1, 0.15) is 49.8 Å². The van der Waals surface area contributed by atoms with Crippen LogP contribution in [0, 0.1) is 0 Å². The number of nitrogens with one attached hydrogen (secondary N) is 2. The van der Waals surface area contributed by atoms with Crippen LogP contribution in [0.3, 0.4) is 0 Å². The zero-order valence-corrected chi connectivity index (χ0v) is 19.6. The van der Waals surface area contributed by atoms with Crippen LogP contribution in [-0.4, -0.2) is 42.7 Å². The molecule has 1 fully saturated rings. The Morgan fingerprint density at radius 3 is 2.52 bits per heavy atom. The normalized spacial score (nSPS) is 18.9. The molecule has 2 aromatic heterocycles. The number of thiophene rings is 1. The van der Waals surface area contributed by atoms with Gasteiger partial charge in [-0.25, -0.2) is 4.98 Å². The molecule has 0 atom stereocenters. The van der Waals surface area contributed by atoms with E-state index in [2.05, 4.69) is 45.2 Å². The van der Waals surface area contributed by atoms with E-state index in [-0.39, 0.29) is 0 Å². The van der Waals surface area contributed by atoms with Crippen molar-refractivity contribution in [3.05, 3.63) is 46.7 Å². The Labute approximate surface area is 190 Å². The van der Waals surface area contributed by atoms with Crippen molar-refractivity contribution in [2.24, 2.45) is 0 Å². The molecule has 3 aromatic rings. The Balaban J connectivity index is 1.19. The lowest BCUT2D eigenvalue weighted by atomic mass is 9.91. The Kier molecular flexibility index (Phi) is 7.76. The lowest BCUT2D eigenvalue weighted by Crippen LogP contribution is -2.37. The zero-order valence-electron chi connectivity index (χ0n) is 18.8. The Hall–Kier alpha value is -2.18. The standard InChI is InChI=1S/C25H35N5S/c1-30(2)24-22-11-5-6-12-23(22)28-25(29-24)27-20-15-13-19(14-16-20)26-17-7-3-4-9-21-10-8-18-31-21/h5-6,8,10-12,18-20,26H,3-4,7,9,13-17H2,1-2H3,(H,27,28,29)/t19-,20+. The summed E-state index contributed by atoms with van der Waals surface area (Å²) in [7, 11) is 4.08. The van der Waals surface area contributed by atoms with Crippen molar-refractivity contribution < 1.29 is 0 Å². The fraction of sp³-hybridized carbons (Fsp3) is 0.520. The summed E-state index contributed by atoms with van der Waals surface area (Å²) in [5.41, 5.74) is 0.998. The Morgan fingerprint density at radius 1 is 0.935 bits per heavy atom. The molecule has 0 unspecified atom stereocenters. The molecule has 0 spiro atoms. The molecule has 1 aromatic carbocycles. The molecule has 1 aliphatic rings. The Morgan fingerprint density at radius 2 is 1.74 bits per heavy atom. The molecule has 6 heteroatoms. The molecule has 1 saturated carbocycles. The molecule has 0 radical (unpaired) electrons. The maximum atomic E-state index is 4.80. The van der Waals surface area contributed by atoms with Crippen LogP contribution >= 0.6 is 11.3 Å². The summed E-state index contributed by atoms with van der Waals surface area (Å²) in [5.74, 6) is 1.73. The first-order valence-electron chi connectivity index (χ1n) is 11.7. The first-order chi connectivity index (χ1) is 15.2. The topological polar surface area (TPSA) is 53.1 Å². The van der Waals surface area contributed by atoms with Crippen molar-refractivity contribution in [2.75, 3.05) is 30.9 Å². The van der Waals surface area contributed by atoms with E-state index in [0.29, 0.717) is 12.1 Å². The van der Waals surface area contributed by atoms with E-state index in [1.54, 1.807) is 0 Å². The van der Waals surface area contributed by atoms with Crippen LogP contribution in [0.15, 0.2) is 41.8 Å². The predicted molar refractivity (Wildman–Crippen MR) is 133 cm³/mol. The number of benzene rings is 1. The fourth-order valence-corrected chi connectivity index (χ4v) is 5.20. The molecule has 0 saturated heterocycles. The number of fused-ring (bicyclic) bond motifs is 1. The van der Waals surface area contributed by atoms with Crippen molar-refractivity contribution in [3.8, 4) is 0 Å². The van der Waals surface area contributed by atoms with Gasteiger partial charge in [-0.05, 0) is 75.1 Å². The molecule has 31 heavy (non-hydrogen) atoms. The molecule has 0 aliphatic heterocycles. The van der Waals surface area contributed by atoms with Crippen LogP contribution in [0.4, 0.5) is 11.8 Å². The molecule has 0 amide bonds. The molecule has 5 nitrogen and oxygen atoms in total. The number of nitrogens with zero attached hydrogens (tertiary/aromatic N) is 3. The number of hydrogen-bond acceptors (Lipinski definition) is 6. The van der Waals surface area contributed by atoms with E-state index in [1.807, 2.05) is 37.6 Å². The van der Waals surface area contributed by atoms with E-state index in [0.717, 1.165) is 29.2 Å². The molecule has 1 aliphatic carbocycles. The third-order valence-corrected chi connectivity index (χ3v) is 7.12. The summed E-state index contributed by atoms with van der Waals surface area (Å²) in [6, 6.07) is 13.8.